The van der Waals surface area contributed by atoms with E-state index in [0.717, 1.165) is 32.8 Å². The first-order chi connectivity index (χ1) is 10.2. The second kappa shape index (κ2) is 7.40. The quantitative estimate of drug-likeness (QED) is 0.802. The molecule has 3 aliphatic rings. The molecular formula is C17H30O4. The summed E-state index contributed by atoms with van der Waals surface area (Å²) in [5, 5.41) is 0. The molecule has 0 aromatic rings. The molecule has 0 aromatic heterocycles. The van der Waals surface area contributed by atoms with Crippen molar-refractivity contribution >= 4 is 0 Å². The van der Waals surface area contributed by atoms with Gasteiger partial charge in [0.25, 0.3) is 0 Å². The number of rotatable bonds is 3. The maximum atomic E-state index is 6.13. The van der Waals surface area contributed by atoms with E-state index in [1.54, 1.807) is 0 Å². The van der Waals surface area contributed by atoms with E-state index in [4.69, 9.17) is 18.9 Å². The second-order valence-corrected chi connectivity index (χ2v) is 7.11. The third-order valence-electron chi connectivity index (χ3n) is 5.34. The lowest BCUT2D eigenvalue weighted by molar-refractivity contribution is -0.197. The van der Waals surface area contributed by atoms with Gasteiger partial charge >= 0.3 is 0 Å². The normalized spacial score (nSPS) is 45.4. The van der Waals surface area contributed by atoms with E-state index in [0.29, 0.717) is 30.0 Å². The van der Waals surface area contributed by atoms with Crippen LogP contribution >= 0.6 is 0 Å². The molecule has 4 nitrogen and oxygen atoms in total. The van der Waals surface area contributed by atoms with Crippen LogP contribution in [0.2, 0.25) is 0 Å². The highest BCUT2D eigenvalue weighted by molar-refractivity contribution is 4.80. The predicted octanol–water partition coefficient (Wildman–Crippen LogP) is 3.00. The molecule has 4 atom stereocenters. The van der Waals surface area contributed by atoms with Crippen LogP contribution in [0.5, 0.6) is 0 Å². The Kier molecular flexibility index (Phi) is 5.54. The number of hydrogen-bond donors (Lipinski definition) is 0. The fraction of sp³-hybridized carbons (Fsp3) is 1.00. The van der Waals surface area contributed by atoms with Crippen LogP contribution in [-0.2, 0) is 18.9 Å². The van der Waals surface area contributed by atoms with Gasteiger partial charge in [0.1, 0.15) is 0 Å². The summed E-state index contributed by atoms with van der Waals surface area (Å²) in [4.78, 5) is 0. The summed E-state index contributed by atoms with van der Waals surface area (Å²) < 4.78 is 23.1. The summed E-state index contributed by atoms with van der Waals surface area (Å²) in [7, 11) is 0. The van der Waals surface area contributed by atoms with Gasteiger partial charge in [0.05, 0.1) is 38.6 Å². The van der Waals surface area contributed by atoms with E-state index >= 15 is 0 Å². The average molecular weight is 298 g/mol. The van der Waals surface area contributed by atoms with Crippen LogP contribution in [0.15, 0.2) is 0 Å². The molecule has 4 heteroatoms. The molecule has 3 saturated heterocycles. The van der Waals surface area contributed by atoms with Crippen LogP contribution < -0.4 is 0 Å². The lowest BCUT2D eigenvalue weighted by Gasteiger charge is -2.38. The van der Waals surface area contributed by atoms with Gasteiger partial charge in [-0.3, -0.25) is 0 Å². The minimum absolute atomic E-state index is 0.0356. The van der Waals surface area contributed by atoms with Gasteiger partial charge in [-0.1, -0.05) is 0 Å². The van der Waals surface area contributed by atoms with Crippen molar-refractivity contribution in [3.63, 3.8) is 0 Å². The highest BCUT2D eigenvalue weighted by Gasteiger charge is 2.32. The van der Waals surface area contributed by atoms with Gasteiger partial charge in [0.2, 0.25) is 0 Å². The Bertz CT molecular complexity index is 298. The average Bonchev–Trinajstić information content (AvgIpc) is 2.51. The van der Waals surface area contributed by atoms with Crippen LogP contribution in [0.25, 0.3) is 0 Å². The van der Waals surface area contributed by atoms with Crippen LogP contribution in [-0.4, -0.2) is 44.9 Å². The Morgan fingerprint density at radius 2 is 1.38 bits per heavy atom. The van der Waals surface area contributed by atoms with Crippen molar-refractivity contribution in [3.8, 4) is 0 Å². The van der Waals surface area contributed by atoms with Gasteiger partial charge in [-0.25, -0.2) is 0 Å². The molecule has 0 amide bonds. The zero-order valence-electron chi connectivity index (χ0n) is 13.5. The number of ether oxygens (including phenoxy) is 4. The first-order valence-corrected chi connectivity index (χ1v) is 8.67. The molecule has 3 aliphatic heterocycles. The Morgan fingerprint density at radius 3 is 1.95 bits per heavy atom. The number of hydrogen-bond acceptors (Lipinski definition) is 4. The van der Waals surface area contributed by atoms with Crippen molar-refractivity contribution in [2.45, 2.75) is 64.4 Å². The highest BCUT2D eigenvalue weighted by Crippen LogP contribution is 2.33. The Morgan fingerprint density at radius 1 is 0.714 bits per heavy atom. The molecule has 4 unspecified atom stereocenters. The van der Waals surface area contributed by atoms with Crippen molar-refractivity contribution in [1.29, 1.82) is 0 Å². The lowest BCUT2D eigenvalue weighted by atomic mass is 9.81. The fourth-order valence-corrected chi connectivity index (χ4v) is 3.81. The van der Waals surface area contributed by atoms with Crippen molar-refractivity contribution in [2.75, 3.05) is 26.4 Å². The first kappa shape index (κ1) is 15.7. The van der Waals surface area contributed by atoms with Gasteiger partial charge < -0.3 is 18.9 Å². The molecule has 3 rings (SSSR count). The molecule has 0 bridgehead atoms. The molecule has 0 saturated carbocycles. The minimum Gasteiger partial charge on any atom is -0.378 e. The largest absolute Gasteiger partial charge is 0.378 e. The zero-order chi connectivity index (χ0) is 14.7. The van der Waals surface area contributed by atoms with E-state index < -0.39 is 0 Å². The summed E-state index contributed by atoms with van der Waals surface area (Å²) in [6, 6.07) is 0. The van der Waals surface area contributed by atoms with Gasteiger partial charge in [-0.15, -0.1) is 0 Å². The molecule has 21 heavy (non-hydrogen) atoms. The standard InChI is InChI=1S/C17H30O4/c1-12-3-4-15(10-18-12)16-5-6-17(21-11-16)7-14-8-19-13(2)20-9-14/h12-17H,3-11H2,1-2H3. The SMILES string of the molecule is CC1CCC(C2CCC(CC3COC(C)OC3)OC2)CO1. The van der Waals surface area contributed by atoms with E-state index in [1.807, 2.05) is 6.92 Å². The molecule has 3 fully saturated rings. The Hall–Kier alpha value is -0.160. The van der Waals surface area contributed by atoms with Crippen LogP contribution in [0, 0.1) is 17.8 Å². The maximum Gasteiger partial charge on any atom is 0.154 e. The fourth-order valence-electron chi connectivity index (χ4n) is 3.81. The van der Waals surface area contributed by atoms with E-state index in [1.165, 1.54) is 25.7 Å². The first-order valence-electron chi connectivity index (χ1n) is 8.67. The predicted molar refractivity (Wildman–Crippen MR) is 80.1 cm³/mol. The van der Waals surface area contributed by atoms with Crippen LogP contribution in [0.3, 0.4) is 0 Å². The molecule has 0 N–H and O–H groups in total. The molecule has 0 spiro atoms. The Labute approximate surface area is 128 Å². The van der Waals surface area contributed by atoms with Gasteiger partial charge in [0, 0.05) is 5.92 Å². The van der Waals surface area contributed by atoms with Crippen molar-refractivity contribution < 1.29 is 18.9 Å². The topological polar surface area (TPSA) is 36.9 Å². The van der Waals surface area contributed by atoms with E-state index in [9.17, 15) is 0 Å². The molecule has 0 aliphatic carbocycles. The van der Waals surface area contributed by atoms with E-state index in [-0.39, 0.29) is 6.29 Å². The summed E-state index contributed by atoms with van der Waals surface area (Å²) in [6.07, 6.45) is 6.88. The third kappa shape index (κ3) is 4.41. The van der Waals surface area contributed by atoms with Gasteiger partial charge in [-0.2, -0.15) is 0 Å². The summed E-state index contributed by atoms with van der Waals surface area (Å²) in [6.45, 7) is 7.63. The van der Waals surface area contributed by atoms with Crippen molar-refractivity contribution in [1.82, 2.24) is 0 Å². The molecule has 122 valence electrons. The minimum atomic E-state index is -0.0356. The summed E-state index contributed by atoms with van der Waals surface area (Å²) in [5.74, 6) is 1.92. The molecule has 3 heterocycles. The highest BCUT2D eigenvalue weighted by atomic mass is 16.7. The summed E-state index contributed by atoms with van der Waals surface area (Å²) in [5.41, 5.74) is 0. The van der Waals surface area contributed by atoms with Gasteiger partial charge in [-0.05, 0) is 57.8 Å². The van der Waals surface area contributed by atoms with Gasteiger partial charge in [0.15, 0.2) is 6.29 Å². The molecular weight excluding hydrogens is 268 g/mol. The van der Waals surface area contributed by atoms with Crippen molar-refractivity contribution in [2.24, 2.45) is 17.8 Å². The molecule has 0 aromatic carbocycles. The van der Waals surface area contributed by atoms with Crippen LogP contribution in [0.1, 0.15) is 46.0 Å². The Balaban J connectivity index is 1.37. The monoisotopic (exact) mass is 298 g/mol. The maximum absolute atomic E-state index is 6.13. The lowest BCUT2D eigenvalue weighted by Crippen LogP contribution is -2.38. The van der Waals surface area contributed by atoms with E-state index in [2.05, 4.69) is 6.92 Å². The van der Waals surface area contributed by atoms with Crippen molar-refractivity contribution in [3.05, 3.63) is 0 Å². The second-order valence-electron chi connectivity index (χ2n) is 7.11. The third-order valence-corrected chi connectivity index (χ3v) is 5.34. The summed E-state index contributed by atoms with van der Waals surface area (Å²) >= 11 is 0. The zero-order valence-corrected chi connectivity index (χ0v) is 13.5. The van der Waals surface area contributed by atoms with Crippen LogP contribution in [0.4, 0.5) is 0 Å². The molecule has 0 radical (unpaired) electrons. The smallest absolute Gasteiger partial charge is 0.154 e.